The van der Waals surface area contributed by atoms with E-state index in [1.54, 1.807) is 0 Å². The number of aliphatic carboxylic acids is 1. The first kappa shape index (κ1) is 22.6. The average molecular weight is 532 g/mol. The highest BCUT2D eigenvalue weighted by Gasteiger charge is 2.36. The van der Waals surface area contributed by atoms with Crippen molar-refractivity contribution in [2.45, 2.75) is 57.5 Å². The van der Waals surface area contributed by atoms with Crippen LogP contribution >= 0.6 is 31.9 Å². The fourth-order valence-electron chi connectivity index (χ4n) is 4.56. The van der Waals surface area contributed by atoms with Crippen molar-refractivity contribution < 1.29 is 19.8 Å². The summed E-state index contributed by atoms with van der Waals surface area (Å²) >= 11 is 6.68. The van der Waals surface area contributed by atoms with Gasteiger partial charge in [0.05, 0.1) is 8.95 Å². The Labute approximate surface area is 188 Å². The van der Waals surface area contributed by atoms with E-state index in [-0.39, 0.29) is 29.7 Å². The van der Waals surface area contributed by atoms with Crippen LogP contribution in [0.25, 0.3) is 0 Å². The number of hydrogen-bond acceptors (Lipinski definition) is 4. The zero-order valence-electron chi connectivity index (χ0n) is 16.6. The number of rotatable bonds is 5. The van der Waals surface area contributed by atoms with E-state index in [1.165, 1.54) is 0 Å². The molecule has 0 unspecified atom stereocenters. The number of carboxylic acid groups (broad SMARTS) is 1. The summed E-state index contributed by atoms with van der Waals surface area (Å²) in [5.41, 5.74) is 0.981. The third-order valence-corrected chi connectivity index (χ3v) is 7.32. The second kappa shape index (κ2) is 9.79. The second-order valence-electron chi connectivity index (χ2n) is 8.16. The summed E-state index contributed by atoms with van der Waals surface area (Å²) in [6.07, 6.45) is 5.02. The van der Waals surface area contributed by atoms with E-state index < -0.39 is 5.97 Å². The van der Waals surface area contributed by atoms with Crippen LogP contribution in [0.3, 0.4) is 0 Å². The molecular weight excluding hydrogens is 504 g/mol. The van der Waals surface area contributed by atoms with Crippen molar-refractivity contribution in [2.75, 3.05) is 19.6 Å². The van der Waals surface area contributed by atoms with Crippen molar-refractivity contribution >= 4 is 43.7 Å². The van der Waals surface area contributed by atoms with Crippen molar-refractivity contribution in [3.8, 4) is 5.75 Å². The molecule has 0 spiro atoms. The van der Waals surface area contributed by atoms with Crippen LogP contribution in [0.2, 0.25) is 0 Å². The fourth-order valence-corrected chi connectivity index (χ4v) is 5.84. The minimum absolute atomic E-state index is 0.136. The summed E-state index contributed by atoms with van der Waals surface area (Å²) in [5, 5.41) is 19.4. The maximum absolute atomic E-state index is 12.9. The molecule has 1 aromatic rings. The Bertz CT molecular complexity index is 742. The van der Waals surface area contributed by atoms with Gasteiger partial charge in [0.1, 0.15) is 11.8 Å². The zero-order chi connectivity index (χ0) is 21.1. The minimum Gasteiger partial charge on any atom is -0.506 e. The zero-order valence-corrected chi connectivity index (χ0v) is 19.8. The maximum Gasteiger partial charge on any atom is 0.320 e. The van der Waals surface area contributed by atoms with E-state index in [9.17, 15) is 19.8 Å². The SMILES string of the molecule is C[C@H](Cc1cc(Br)c(O)c(Br)c1)C(=O)N1CCC(N2CCCC[C@H]2C(=O)O)CC1. The number of halogens is 2. The molecule has 0 saturated carbocycles. The molecule has 2 fully saturated rings. The first-order valence-corrected chi connectivity index (χ1v) is 11.8. The first-order valence-electron chi connectivity index (χ1n) is 10.2. The number of carbonyl (C=O) groups is 2. The standard InChI is InChI=1S/C21H28Br2N2O4/c1-13(10-14-11-16(22)19(26)17(23)12-14)20(27)24-8-5-15(6-9-24)25-7-3-2-4-18(25)21(28)29/h11-13,15,18,26H,2-10H2,1H3,(H,28,29)/t13-,18+/m1/s1. The molecule has 8 heteroatoms. The molecule has 0 radical (unpaired) electrons. The van der Waals surface area contributed by atoms with Crippen LogP contribution in [0.1, 0.15) is 44.6 Å². The molecule has 0 bridgehead atoms. The Morgan fingerprint density at radius 3 is 2.31 bits per heavy atom. The highest BCUT2D eigenvalue weighted by Crippen LogP contribution is 2.34. The number of phenolic OH excluding ortho intramolecular Hbond substituents is 1. The molecule has 29 heavy (non-hydrogen) atoms. The summed E-state index contributed by atoms with van der Waals surface area (Å²) in [5.74, 6) is -0.580. The number of nitrogens with zero attached hydrogens (tertiary/aromatic N) is 2. The Balaban J connectivity index is 1.56. The molecule has 2 aliphatic heterocycles. The largest absolute Gasteiger partial charge is 0.506 e. The number of likely N-dealkylation sites (tertiary alicyclic amines) is 2. The maximum atomic E-state index is 12.9. The highest BCUT2D eigenvalue weighted by molar-refractivity contribution is 9.11. The Morgan fingerprint density at radius 1 is 1.10 bits per heavy atom. The number of amides is 1. The summed E-state index contributed by atoms with van der Waals surface area (Å²) in [6.45, 7) is 4.14. The second-order valence-corrected chi connectivity index (χ2v) is 9.87. The van der Waals surface area contributed by atoms with Crippen LogP contribution in [-0.4, -0.2) is 63.6 Å². The van der Waals surface area contributed by atoms with Crippen LogP contribution in [-0.2, 0) is 16.0 Å². The molecule has 2 heterocycles. The molecule has 0 aliphatic carbocycles. The molecule has 6 nitrogen and oxygen atoms in total. The van der Waals surface area contributed by atoms with Gasteiger partial charge < -0.3 is 15.1 Å². The van der Waals surface area contributed by atoms with Crippen LogP contribution in [0.5, 0.6) is 5.75 Å². The smallest absolute Gasteiger partial charge is 0.320 e. The predicted octanol–water partition coefficient (Wildman–Crippen LogP) is 4.03. The lowest BCUT2D eigenvalue weighted by Gasteiger charge is -2.43. The molecule has 2 aliphatic rings. The van der Waals surface area contributed by atoms with Crippen molar-refractivity contribution in [2.24, 2.45) is 5.92 Å². The molecule has 2 saturated heterocycles. The lowest BCUT2D eigenvalue weighted by Crippen LogP contribution is -2.54. The van der Waals surface area contributed by atoms with Gasteiger partial charge in [0.25, 0.3) is 0 Å². The van der Waals surface area contributed by atoms with Gasteiger partial charge in [-0.2, -0.15) is 0 Å². The van der Waals surface area contributed by atoms with E-state index in [2.05, 4.69) is 36.8 Å². The van der Waals surface area contributed by atoms with E-state index >= 15 is 0 Å². The number of hydrogen-bond donors (Lipinski definition) is 2. The summed E-state index contributed by atoms with van der Waals surface area (Å²) < 4.78 is 1.22. The number of phenols is 1. The number of aromatic hydroxyl groups is 1. The number of carbonyl (C=O) groups excluding carboxylic acids is 1. The van der Waals surface area contributed by atoms with E-state index in [4.69, 9.17) is 0 Å². The highest BCUT2D eigenvalue weighted by atomic mass is 79.9. The van der Waals surface area contributed by atoms with Crippen molar-refractivity contribution in [3.63, 3.8) is 0 Å². The van der Waals surface area contributed by atoms with E-state index in [0.29, 0.717) is 28.5 Å². The van der Waals surface area contributed by atoms with Gasteiger partial charge in [-0.1, -0.05) is 13.3 Å². The summed E-state index contributed by atoms with van der Waals surface area (Å²) in [4.78, 5) is 28.6. The van der Waals surface area contributed by atoms with Gasteiger partial charge in [-0.05, 0) is 88.2 Å². The topological polar surface area (TPSA) is 81.1 Å². The molecule has 2 N–H and O–H groups in total. The summed E-state index contributed by atoms with van der Waals surface area (Å²) in [7, 11) is 0. The Hall–Kier alpha value is -1.12. The van der Waals surface area contributed by atoms with E-state index in [1.807, 2.05) is 24.0 Å². The van der Waals surface area contributed by atoms with Gasteiger partial charge in [0.2, 0.25) is 5.91 Å². The normalized spacial score (nSPS) is 22.4. The van der Waals surface area contributed by atoms with Gasteiger partial charge in [0.15, 0.2) is 0 Å². The van der Waals surface area contributed by atoms with Gasteiger partial charge in [-0.3, -0.25) is 14.5 Å². The van der Waals surface area contributed by atoms with E-state index in [0.717, 1.165) is 44.2 Å². The fraction of sp³-hybridized carbons (Fsp3) is 0.619. The summed E-state index contributed by atoms with van der Waals surface area (Å²) in [6, 6.07) is 3.57. The average Bonchev–Trinajstić information content (AvgIpc) is 2.71. The van der Waals surface area contributed by atoms with Crippen LogP contribution in [0.4, 0.5) is 0 Å². The molecule has 0 aromatic heterocycles. The first-order chi connectivity index (χ1) is 13.8. The third-order valence-electron chi connectivity index (χ3n) is 6.11. The molecule has 1 aromatic carbocycles. The molecule has 2 atom stereocenters. The van der Waals surface area contributed by atoms with Crippen molar-refractivity contribution in [1.82, 2.24) is 9.80 Å². The molecule has 1 amide bonds. The van der Waals surface area contributed by atoms with Gasteiger partial charge in [0, 0.05) is 25.0 Å². The van der Waals surface area contributed by atoms with Crippen LogP contribution in [0.15, 0.2) is 21.1 Å². The van der Waals surface area contributed by atoms with Gasteiger partial charge in [-0.25, -0.2) is 0 Å². The minimum atomic E-state index is -0.719. The van der Waals surface area contributed by atoms with Crippen molar-refractivity contribution in [3.05, 3.63) is 26.6 Å². The van der Waals surface area contributed by atoms with Gasteiger partial charge >= 0.3 is 5.97 Å². The number of carboxylic acids is 1. The molecule has 3 rings (SSSR count). The Kier molecular flexibility index (Phi) is 7.62. The monoisotopic (exact) mass is 530 g/mol. The quantitative estimate of drug-likeness (QED) is 0.599. The third kappa shape index (κ3) is 5.33. The lowest BCUT2D eigenvalue weighted by atomic mass is 9.94. The number of piperidine rings is 2. The van der Waals surface area contributed by atoms with Gasteiger partial charge in [-0.15, -0.1) is 0 Å². The number of benzene rings is 1. The van der Waals surface area contributed by atoms with Crippen molar-refractivity contribution in [1.29, 1.82) is 0 Å². The van der Waals surface area contributed by atoms with Crippen LogP contribution in [0, 0.1) is 5.92 Å². The molecular formula is C21H28Br2N2O4. The lowest BCUT2D eigenvalue weighted by molar-refractivity contribution is -0.147. The Morgan fingerprint density at radius 2 is 1.72 bits per heavy atom. The predicted molar refractivity (Wildman–Crippen MR) is 118 cm³/mol. The molecule has 160 valence electrons. The van der Waals surface area contributed by atoms with Crippen LogP contribution < -0.4 is 0 Å².